The van der Waals surface area contributed by atoms with Crippen LogP contribution in [-0.2, 0) is 30.2 Å². The molecule has 3 aliphatic rings. The standard InChI is InChI=1S/C29H36F3N3O2/c30-29(31,32)23-9-6-22(7-10-23)27(28(36)37)35-18-15-25(19-35)34-16-13-20(14-17-34)5-11-24-12-8-21-3-1-2-4-26(21)33-24/h6-10,12,20,25,27H,1-5,11,13-19H2,(H,36,37)/t25-,27-/m1/s1. The molecule has 0 radical (unpaired) electrons. The van der Waals surface area contributed by atoms with E-state index in [1.807, 2.05) is 4.90 Å². The normalized spacial score (nSPS) is 22.6. The van der Waals surface area contributed by atoms with Crippen LogP contribution in [0.1, 0.15) is 72.6 Å². The van der Waals surface area contributed by atoms with Crippen molar-refractivity contribution in [3.05, 3.63) is 64.5 Å². The number of aryl methyl sites for hydroxylation is 3. The number of aromatic nitrogens is 1. The van der Waals surface area contributed by atoms with Crippen LogP contribution in [0.2, 0.25) is 0 Å². The van der Waals surface area contributed by atoms with Crippen molar-refractivity contribution < 1.29 is 23.1 Å². The Labute approximate surface area is 216 Å². The van der Waals surface area contributed by atoms with Crippen molar-refractivity contribution in [3.63, 3.8) is 0 Å². The average Bonchev–Trinajstić information content (AvgIpc) is 3.37. The first kappa shape index (κ1) is 26.2. The highest BCUT2D eigenvalue weighted by Gasteiger charge is 2.37. The molecule has 3 heterocycles. The van der Waals surface area contributed by atoms with Crippen molar-refractivity contribution in [1.82, 2.24) is 14.8 Å². The molecular formula is C29H36F3N3O2. The third kappa shape index (κ3) is 6.17. The summed E-state index contributed by atoms with van der Waals surface area (Å²) in [5.41, 5.74) is 3.59. The zero-order chi connectivity index (χ0) is 26.0. The van der Waals surface area contributed by atoms with Gasteiger partial charge >= 0.3 is 12.1 Å². The fourth-order valence-electron chi connectivity index (χ4n) is 6.39. The minimum absolute atomic E-state index is 0.291. The molecule has 5 nitrogen and oxygen atoms in total. The maximum Gasteiger partial charge on any atom is 0.416 e. The molecule has 37 heavy (non-hydrogen) atoms. The lowest BCUT2D eigenvalue weighted by Crippen LogP contribution is -2.43. The average molecular weight is 516 g/mol. The molecule has 0 spiro atoms. The molecule has 2 aromatic rings. The van der Waals surface area contributed by atoms with Gasteiger partial charge < -0.3 is 5.11 Å². The number of nitrogens with zero attached hydrogens (tertiary/aromatic N) is 3. The number of rotatable bonds is 7. The van der Waals surface area contributed by atoms with E-state index < -0.39 is 23.8 Å². The first-order chi connectivity index (χ1) is 17.8. The number of piperidine rings is 1. The van der Waals surface area contributed by atoms with Gasteiger partial charge in [0, 0.05) is 30.5 Å². The van der Waals surface area contributed by atoms with Crippen LogP contribution < -0.4 is 0 Å². The second-order valence-electron chi connectivity index (χ2n) is 10.9. The van der Waals surface area contributed by atoms with Crippen LogP contribution in [0.5, 0.6) is 0 Å². The van der Waals surface area contributed by atoms with E-state index in [0.717, 1.165) is 70.2 Å². The Bertz CT molecular complexity index is 1080. The Morgan fingerprint density at radius 2 is 1.73 bits per heavy atom. The second-order valence-corrected chi connectivity index (χ2v) is 10.9. The van der Waals surface area contributed by atoms with Crippen molar-refractivity contribution >= 4 is 5.97 Å². The predicted molar refractivity (Wildman–Crippen MR) is 135 cm³/mol. The highest BCUT2D eigenvalue weighted by Crippen LogP contribution is 2.33. The van der Waals surface area contributed by atoms with Crippen LogP contribution in [0.3, 0.4) is 0 Å². The minimum atomic E-state index is -4.43. The Hall–Kier alpha value is -2.45. The number of alkyl halides is 3. The molecule has 0 saturated carbocycles. The van der Waals surface area contributed by atoms with E-state index in [2.05, 4.69) is 17.0 Å². The first-order valence-corrected chi connectivity index (χ1v) is 13.6. The lowest BCUT2D eigenvalue weighted by atomic mass is 9.90. The quantitative estimate of drug-likeness (QED) is 0.526. The van der Waals surface area contributed by atoms with E-state index in [1.165, 1.54) is 41.9 Å². The molecule has 2 atom stereocenters. The van der Waals surface area contributed by atoms with Gasteiger partial charge in [-0.05, 0) is 106 Å². The number of hydrogen-bond acceptors (Lipinski definition) is 4. The molecule has 200 valence electrons. The summed E-state index contributed by atoms with van der Waals surface area (Å²) in [4.78, 5) is 21.4. The number of aliphatic carboxylic acids is 1. The summed E-state index contributed by atoms with van der Waals surface area (Å²) < 4.78 is 38.8. The lowest BCUT2D eigenvalue weighted by molar-refractivity contribution is -0.143. The smallest absolute Gasteiger partial charge is 0.416 e. The highest BCUT2D eigenvalue weighted by atomic mass is 19.4. The van der Waals surface area contributed by atoms with Crippen LogP contribution >= 0.6 is 0 Å². The van der Waals surface area contributed by atoms with Crippen LogP contribution in [0.4, 0.5) is 13.2 Å². The van der Waals surface area contributed by atoms with E-state index in [9.17, 15) is 23.1 Å². The minimum Gasteiger partial charge on any atom is -0.480 e. The molecule has 2 aliphatic heterocycles. The van der Waals surface area contributed by atoms with Gasteiger partial charge in [-0.25, -0.2) is 0 Å². The van der Waals surface area contributed by atoms with E-state index in [0.29, 0.717) is 30.6 Å². The number of carboxylic acid groups (broad SMARTS) is 1. The Kier molecular flexibility index (Phi) is 7.86. The maximum absolute atomic E-state index is 12.9. The number of carbonyl (C=O) groups is 1. The fraction of sp³-hybridized carbons (Fsp3) is 0.586. The molecule has 8 heteroatoms. The number of likely N-dealkylation sites (tertiary alicyclic amines) is 2. The monoisotopic (exact) mass is 515 g/mol. The Balaban J connectivity index is 1.11. The summed E-state index contributed by atoms with van der Waals surface area (Å²) in [5, 5.41) is 9.88. The molecular weight excluding hydrogens is 479 g/mol. The van der Waals surface area contributed by atoms with Crippen LogP contribution in [0, 0.1) is 5.92 Å². The summed E-state index contributed by atoms with van der Waals surface area (Å²) in [6.45, 7) is 3.28. The summed E-state index contributed by atoms with van der Waals surface area (Å²) in [6.07, 6.45) is 5.72. The number of pyridine rings is 1. The largest absolute Gasteiger partial charge is 0.480 e. The molecule has 2 saturated heterocycles. The first-order valence-electron chi connectivity index (χ1n) is 13.6. The van der Waals surface area contributed by atoms with Gasteiger partial charge in [0.15, 0.2) is 0 Å². The lowest BCUT2D eigenvalue weighted by Gasteiger charge is -2.36. The van der Waals surface area contributed by atoms with Gasteiger partial charge in [0.25, 0.3) is 0 Å². The Morgan fingerprint density at radius 3 is 2.43 bits per heavy atom. The third-order valence-electron chi connectivity index (χ3n) is 8.56. The molecule has 2 fully saturated rings. The van der Waals surface area contributed by atoms with E-state index >= 15 is 0 Å². The second kappa shape index (κ2) is 11.1. The molecule has 1 aromatic carbocycles. The van der Waals surface area contributed by atoms with Gasteiger partial charge in [0.2, 0.25) is 0 Å². The number of fused-ring (bicyclic) bond motifs is 1. The van der Waals surface area contributed by atoms with Crippen molar-refractivity contribution in [2.24, 2.45) is 5.92 Å². The van der Waals surface area contributed by atoms with Gasteiger partial charge in [-0.2, -0.15) is 13.2 Å². The van der Waals surface area contributed by atoms with Crippen LogP contribution in [0.25, 0.3) is 0 Å². The van der Waals surface area contributed by atoms with Gasteiger partial charge in [0.05, 0.1) is 5.56 Å². The summed E-state index contributed by atoms with van der Waals surface area (Å²) in [6, 6.07) is 8.42. The maximum atomic E-state index is 12.9. The zero-order valence-corrected chi connectivity index (χ0v) is 21.2. The van der Waals surface area contributed by atoms with Crippen LogP contribution in [-0.4, -0.2) is 58.1 Å². The summed E-state index contributed by atoms with van der Waals surface area (Å²) in [7, 11) is 0. The van der Waals surface area contributed by atoms with Crippen molar-refractivity contribution in [2.45, 2.75) is 76.0 Å². The number of carboxylic acids is 1. The highest BCUT2D eigenvalue weighted by molar-refractivity contribution is 5.75. The van der Waals surface area contributed by atoms with Gasteiger partial charge in [-0.3, -0.25) is 19.6 Å². The molecule has 1 aliphatic carbocycles. The van der Waals surface area contributed by atoms with Gasteiger partial charge in [-0.1, -0.05) is 18.2 Å². The molecule has 0 bridgehead atoms. The topological polar surface area (TPSA) is 56.7 Å². The van der Waals surface area contributed by atoms with Gasteiger partial charge in [-0.15, -0.1) is 0 Å². The predicted octanol–water partition coefficient (Wildman–Crippen LogP) is 5.52. The number of hydrogen-bond donors (Lipinski definition) is 1. The molecule has 1 N–H and O–H groups in total. The molecule has 0 unspecified atom stereocenters. The van der Waals surface area contributed by atoms with E-state index in [-0.39, 0.29) is 0 Å². The van der Waals surface area contributed by atoms with Crippen molar-refractivity contribution in [1.29, 1.82) is 0 Å². The molecule has 5 rings (SSSR count). The van der Waals surface area contributed by atoms with E-state index in [4.69, 9.17) is 4.98 Å². The Morgan fingerprint density at radius 1 is 1.00 bits per heavy atom. The van der Waals surface area contributed by atoms with E-state index in [1.54, 1.807) is 0 Å². The van der Waals surface area contributed by atoms with Crippen molar-refractivity contribution in [2.75, 3.05) is 26.2 Å². The molecule has 1 aromatic heterocycles. The fourth-order valence-corrected chi connectivity index (χ4v) is 6.39. The summed E-state index contributed by atoms with van der Waals surface area (Å²) in [5.74, 6) is -0.333. The zero-order valence-electron chi connectivity index (χ0n) is 21.2. The number of benzene rings is 1. The van der Waals surface area contributed by atoms with Crippen LogP contribution in [0.15, 0.2) is 36.4 Å². The number of halogens is 3. The summed E-state index contributed by atoms with van der Waals surface area (Å²) >= 11 is 0. The third-order valence-corrected chi connectivity index (χ3v) is 8.56. The molecule has 0 amide bonds. The SMILES string of the molecule is O=C(O)[C@@H](c1ccc(C(F)(F)F)cc1)N1CC[C@@H](N2CCC(CCc3ccc4c(n3)CCCC4)CC2)C1. The van der Waals surface area contributed by atoms with Crippen molar-refractivity contribution in [3.8, 4) is 0 Å². The van der Waals surface area contributed by atoms with Gasteiger partial charge in [0.1, 0.15) is 6.04 Å².